The van der Waals surface area contributed by atoms with E-state index < -0.39 is 51.1 Å². The van der Waals surface area contributed by atoms with Gasteiger partial charge in [-0.05, 0) is 102 Å². The molecule has 2 aliphatic rings. The number of rotatable bonds is 5. The van der Waals surface area contributed by atoms with Gasteiger partial charge in [0.25, 0.3) is 0 Å². The molecule has 0 radical (unpaired) electrons. The van der Waals surface area contributed by atoms with Gasteiger partial charge in [-0.25, -0.2) is 0 Å². The molecule has 2 fully saturated rings. The Morgan fingerprint density at radius 1 is 0.553 bits per heavy atom. The lowest BCUT2D eigenvalue weighted by molar-refractivity contribution is -0.143. The number of halogens is 9. The van der Waals surface area contributed by atoms with Crippen molar-refractivity contribution in [1.82, 2.24) is 0 Å². The van der Waals surface area contributed by atoms with E-state index in [1.807, 2.05) is 0 Å². The van der Waals surface area contributed by atoms with E-state index in [-0.39, 0.29) is 49.8 Å². The maximum Gasteiger partial charge on any atom is 0.416 e. The number of benzene rings is 2. The summed E-state index contributed by atoms with van der Waals surface area (Å²) in [5, 5.41) is -0.236. The van der Waals surface area contributed by atoms with Gasteiger partial charge in [-0.3, -0.25) is 0 Å². The van der Waals surface area contributed by atoms with E-state index in [1.54, 1.807) is 0 Å². The van der Waals surface area contributed by atoms with Crippen LogP contribution in [0.1, 0.15) is 122 Å². The zero-order valence-corrected chi connectivity index (χ0v) is 30.4. The van der Waals surface area contributed by atoms with E-state index in [1.165, 1.54) is 45.1 Å². The molecule has 0 saturated heterocycles. The van der Waals surface area contributed by atoms with Gasteiger partial charge < -0.3 is 0 Å². The Balaban J connectivity index is 0.00000109. The highest BCUT2D eigenvalue weighted by molar-refractivity contribution is 7.73. The molecule has 0 amide bonds. The van der Waals surface area contributed by atoms with Gasteiger partial charge in [-0.15, -0.1) is 0 Å². The van der Waals surface area contributed by atoms with Gasteiger partial charge in [0, 0.05) is 0 Å². The Morgan fingerprint density at radius 3 is 1.32 bits per heavy atom. The van der Waals surface area contributed by atoms with Crippen LogP contribution in [0.15, 0.2) is 36.4 Å². The van der Waals surface area contributed by atoms with Gasteiger partial charge in [-0.1, -0.05) is 101 Å². The molecule has 0 aliphatic heterocycles. The highest BCUT2D eigenvalue weighted by Gasteiger charge is 2.47. The smallest absolute Gasteiger partial charge is 0.166 e. The fraction of sp³-hybridized carbons (Fsp3) is 0.667. The van der Waals surface area contributed by atoms with Crippen molar-refractivity contribution >= 4 is 26.5 Å². The second-order valence-corrected chi connectivity index (χ2v) is 21.7. The van der Waals surface area contributed by atoms with E-state index in [4.69, 9.17) is 0 Å². The minimum absolute atomic E-state index is 0.0700. The molecule has 2 aromatic rings. The third-order valence-corrected chi connectivity index (χ3v) is 16.1. The second kappa shape index (κ2) is 14.9. The summed E-state index contributed by atoms with van der Waals surface area (Å²) in [5.41, 5.74) is -3.89. The van der Waals surface area contributed by atoms with Gasteiger partial charge >= 0.3 is 18.5 Å². The van der Waals surface area contributed by atoms with Crippen molar-refractivity contribution in [3.63, 3.8) is 0 Å². The van der Waals surface area contributed by atoms with Gasteiger partial charge in [0.15, 0.2) is 0 Å². The van der Waals surface area contributed by atoms with Crippen LogP contribution in [0.25, 0.3) is 0 Å². The van der Waals surface area contributed by atoms with E-state index in [0.717, 1.165) is 30.7 Å². The van der Waals surface area contributed by atoms with Crippen molar-refractivity contribution in [2.45, 2.75) is 147 Å². The Labute approximate surface area is 277 Å². The molecule has 0 heterocycles. The maximum absolute atomic E-state index is 13.9. The first-order valence-electron chi connectivity index (χ1n) is 16.4. The summed E-state index contributed by atoms with van der Waals surface area (Å²) in [7, 11) is -2.73. The van der Waals surface area contributed by atoms with Crippen molar-refractivity contribution < 1.29 is 39.5 Å². The Morgan fingerprint density at radius 2 is 0.936 bits per heavy atom. The number of hydrogen-bond acceptors (Lipinski definition) is 0. The minimum atomic E-state index is -5.06. The van der Waals surface area contributed by atoms with Crippen LogP contribution in [-0.4, -0.2) is 21.6 Å². The Hall–Kier alpha value is -1.33. The lowest BCUT2D eigenvalue weighted by Crippen LogP contribution is -2.37. The van der Waals surface area contributed by atoms with Crippen molar-refractivity contribution in [2.24, 2.45) is 5.92 Å². The molecule has 266 valence electrons. The average Bonchev–Trinajstić information content (AvgIpc) is 3.61. The number of aryl methyl sites for hydroxylation is 1. The summed E-state index contributed by atoms with van der Waals surface area (Å²) in [6.07, 6.45) is -5.39. The zero-order chi connectivity index (χ0) is 35.8. The molecule has 3 unspecified atom stereocenters. The molecule has 2 aliphatic carbocycles. The summed E-state index contributed by atoms with van der Waals surface area (Å²) in [6.45, 7) is 16.4. The molecule has 0 N–H and O–H groups in total. The molecule has 4 rings (SSSR count). The molecule has 0 aromatic heterocycles. The van der Waals surface area contributed by atoms with Crippen LogP contribution >= 0.6 is 15.8 Å². The van der Waals surface area contributed by atoms with Crippen molar-refractivity contribution in [3.05, 3.63) is 58.7 Å². The van der Waals surface area contributed by atoms with Crippen LogP contribution in [0.4, 0.5) is 39.5 Å². The number of alkyl halides is 9. The van der Waals surface area contributed by atoms with Gasteiger partial charge in [-0.2, -0.15) is 39.5 Å². The van der Waals surface area contributed by atoms with Crippen LogP contribution in [0, 0.1) is 12.8 Å². The standard InChI is InChI=1S/C31H39F9P2.C5H10/c1-18-12-20(29(32,33)34)15-23(13-18)41(24-16-21(30(35,36)37)14-22(17-24)31(38,39)40)26-11-9-10-25(26)19(2)42(27(3,4)5)28(6,7)8;1-2-4-5-3-1/h12-17,19,25-26H,9-11H2,1-8H3;1-5H2/t19-,25?,26?,41?;/m1./s1. The van der Waals surface area contributed by atoms with Crippen LogP contribution in [0.3, 0.4) is 0 Å². The second-order valence-electron chi connectivity index (χ2n) is 15.1. The SMILES string of the molecule is C1CCCC1.Cc1cc(P(c2cc(C(F)(F)F)cc(C(F)(F)F)c2)C2CCCC2[C@@H](C)P(C(C)(C)C)C(C)(C)C)cc(C(F)(F)F)c1. The summed E-state index contributed by atoms with van der Waals surface area (Å²) in [5.74, 6) is -0.0700. The predicted octanol–water partition coefficient (Wildman–Crippen LogP) is 13.1. The molecular weight excluding hydrogens is 665 g/mol. The molecule has 2 saturated carbocycles. The largest absolute Gasteiger partial charge is 0.416 e. The zero-order valence-electron chi connectivity index (χ0n) is 28.6. The van der Waals surface area contributed by atoms with Gasteiger partial charge in [0.05, 0.1) is 16.7 Å². The third kappa shape index (κ3) is 10.6. The van der Waals surface area contributed by atoms with E-state index >= 15 is 0 Å². The lowest BCUT2D eigenvalue weighted by atomic mass is 10.0. The van der Waals surface area contributed by atoms with E-state index in [0.29, 0.717) is 12.8 Å². The van der Waals surface area contributed by atoms with Gasteiger partial charge in [0.2, 0.25) is 0 Å². The first-order chi connectivity index (χ1) is 21.3. The third-order valence-electron chi connectivity index (χ3n) is 9.10. The van der Waals surface area contributed by atoms with Crippen molar-refractivity contribution in [1.29, 1.82) is 0 Å². The van der Waals surface area contributed by atoms with Crippen LogP contribution in [0.5, 0.6) is 0 Å². The summed E-state index contributed by atoms with van der Waals surface area (Å²) in [4.78, 5) is 0. The first kappa shape index (κ1) is 40.1. The van der Waals surface area contributed by atoms with Crippen LogP contribution in [0.2, 0.25) is 0 Å². The molecule has 0 spiro atoms. The predicted molar refractivity (Wildman–Crippen MR) is 179 cm³/mol. The first-order valence-corrected chi connectivity index (χ1v) is 19.2. The molecule has 11 heteroatoms. The van der Waals surface area contributed by atoms with Crippen LogP contribution < -0.4 is 10.6 Å². The number of hydrogen-bond donors (Lipinski definition) is 0. The quantitative estimate of drug-likeness (QED) is 0.214. The maximum atomic E-state index is 13.9. The normalized spacial score (nSPS) is 21.1. The summed E-state index contributed by atoms with van der Waals surface area (Å²) in [6, 6.07) is 4.94. The summed E-state index contributed by atoms with van der Waals surface area (Å²) >= 11 is 0. The molecule has 47 heavy (non-hydrogen) atoms. The summed E-state index contributed by atoms with van der Waals surface area (Å²) < 4.78 is 125. The molecule has 4 atom stereocenters. The molecule has 0 bridgehead atoms. The van der Waals surface area contributed by atoms with Crippen molar-refractivity contribution in [3.8, 4) is 0 Å². The minimum Gasteiger partial charge on any atom is -0.166 e. The highest BCUT2D eigenvalue weighted by atomic mass is 31.1. The Kier molecular flexibility index (Phi) is 12.7. The van der Waals surface area contributed by atoms with Gasteiger partial charge in [0.1, 0.15) is 0 Å². The molecule has 0 nitrogen and oxygen atoms in total. The molecule has 2 aromatic carbocycles. The average molecular weight is 715 g/mol. The fourth-order valence-electron chi connectivity index (χ4n) is 7.83. The van der Waals surface area contributed by atoms with Crippen molar-refractivity contribution in [2.75, 3.05) is 0 Å². The molecular formula is C36H49F9P2. The van der Waals surface area contributed by atoms with E-state index in [2.05, 4.69) is 48.5 Å². The Bertz CT molecular complexity index is 1270. The highest BCUT2D eigenvalue weighted by Crippen LogP contribution is 2.67. The van der Waals surface area contributed by atoms with Crippen LogP contribution in [-0.2, 0) is 18.5 Å². The fourth-order valence-corrected chi connectivity index (χ4v) is 16.6. The lowest BCUT2D eigenvalue weighted by Gasteiger charge is -2.49. The topological polar surface area (TPSA) is 0 Å². The monoisotopic (exact) mass is 714 g/mol. The van der Waals surface area contributed by atoms with E-state index in [9.17, 15) is 39.5 Å².